The van der Waals surface area contributed by atoms with Crippen LogP contribution in [0.3, 0.4) is 0 Å². The standard InChI is InChI=1S/C21H30N2O/c1-5-9-23(10-6-2)16-11-15-13-22-19-8-7-17(21(24)14(3)4)18(12-16)20(15)19/h7-8,13-14,16,22H,5-6,9-12H2,1-4H3. The fourth-order valence-corrected chi connectivity index (χ4v) is 4.16. The third-order valence-electron chi connectivity index (χ3n) is 5.26. The molecule has 0 aliphatic heterocycles. The Morgan fingerprint density at radius 2 is 1.92 bits per heavy atom. The lowest BCUT2D eigenvalue weighted by Gasteiger charge is -2.34. The molecule has 3 rings (SSSR count). The van der Waals surface area contributed by atoms with Gasteiger partial charge in [0.05, 0.1) is 0 Å². The monoisotopic (exact) mass is 326 g/mol. The molecular weight excluding hydrogens is 296 g/mol. The van der Waals surface area contributed by atoms with Gasteiger partial charge in [-0.1, -0.05) is 27.7 Å². The quantitative estimate of drug-likeness (QED) is 0.755. The van der Waals surface area contributed by atoms with Gasteiger partial charge in [0.15, 0.2) is 5.78 Å². The van der Waals surface area contributed by atoms with Gasteiger partial charge in [0, 0.05) is 34.6 Å². The first-order chi connectivity index (χ1) is 11.6. The number of H-pyrrole nitrogens is 1. The maximum atomic E-state index is 12.7. The Balaban J connectivity index is 2.03. The third kappa shape index (κ3) is 3.02. The van der Waals surface area contributed by atoms with Crippen molar-refractivity contribution in [1.29, 1.82) is 0 Å². The lowest BCUT2D eigenvalue weighted by atomic mass is 9.83. The second kappa shape index (κ2) is 7.10. The summed E-state index contributed by atoms with van der Waals surface area (Å²) in [5.41, 5.74) is 4.77. The van der Waals surface area contributed by atoms with Crippen LogP contribution in [0.4, 0.5) is 0 Å². The van der Waals surface area contributed by atoms with Crippen molar-refractivity contribution in [3.05, 3.63) is 35.0 Å². The molecule has 0 radical (unpaired) electrons. The summed E-state index contributed by atoms with van der Waals surface area (Å²) in [6.07, 6.45) is 6.60. The fourth-order valence-electron chi connectivity index (χ4n) is 4.16. The van der Waals surface area contributed by atoms with Crippen LogP contribution in [0.15, 0.2) is 18.3 Å². The Hall–Kier alpha value is -1.61. The predicted molar refractivity (Wildman–Crippen MR) is 101 cm³/mol. The molecule has 130 valence electrons. The van der Waals surface area contributed by atoms with Gasteiger partial charge in [-0.15, -0.1) is 0 Å². The molecule has 1 aliphatic carbocycles. The van der Waals surface area contributed by atoms with Crippen LogP contribution in [0.5, 0.6) is 0 Å². The van der Waals surface area contributed by atoms with E-state index in [4.69, 9.17) is 0 Å². The van der Waals surface area contributed by atoms with Gasteiger partial charge < -0.3 is 4.98 Å². The predicted octanol–water partition coefficient (Wildman–Crippen LogP) is 4.60. The molecule has 1 unspecified atom stereocenters. The second-order valence-corrected chi connectivity index (χ2v) is 7.45. The summed E-state index contributed by atoms with van der Waals surface area (Å²) in [4.78, 5) is 18.8. The minimum Gasteiger partial charge on any atom is -0.361 e. The van der Waals surface area contributed by atoms with Crippen LogP contribution in [-0.4, -0.2) is 34.8 Å². The van der Waals surface area contributed by atoms with Gasteiger partial charge in [0.2, 0.25) is 0 Å². The number of ketones is 1. The first-order valence-corrected chi connectivity index (χ1v) is 9.46. The van der Waals surface area contributed by atoms with Crippen LogP contribution in [0, 0.1) is 5.92 Å². The van der Waals surface area contributed by atoms with Gasteiger partial charge in [-0.05, 0) is 62.0 Å². The minimum absolute atomic E-state index is 0.0452. The number of carbonyl (C=O) groups is 1. The highest BCUT2D eigenvalue weighted by Gasteiger charge is 2.29. The van der Waals surface area contributed by atoms with E-state index in [0.29, 0.717) is 6.04 Å². The number of aromatic amines is 1. The smallest absolute Gasteiger partial charge is 0.165 e. The lowest BCUT2D eigenvalue weighted by molar-refractivity contribution is 0.0937. The van der Waals surface area contributed by atoms with Crippen molar-refractivity contribution in [2.45, 2.75) is 59.4 Å². The molecule has 0 fully saturated rings. The lowest BCUT2D eigenvalue weighted by Crippen LogP contribution is -2.41. The van der Waals surface area contributed by atoms with Crippen LogP contribution < -0.4 is 0 Å². The number of Topliss-reactive ketones (excluding diaryl/α,β-unsaturated/α-hetero) is 1. The maximum absolute atomic E-state index is 12.7. The number of aromatic nitrogens is 1. The molecule has 0 saturated heterocycles. The Bertz CT molecular complexity index is 723. The van der Waals surface area contributed by atoms with E-state index in [1.54, 1.807) is 0 Å². The SMILES string of the molecule is CCCN(CCC)C1Cc2c[nH]c3ccc(C(=O)C(C)C)c(c23)C1. The van der Waals surface area contributed by atoms with Crippen LogP contribution in [0.2, 0.25) is 0 Å². The van der Waals surface area contributed by atoms with Crippen molar-refractivity contribution in [2.75, 3.05) is 13.1 Å². The summed E-state index contributed by atoms with van der Waals surface area (Å²) in [6.45, 7) is 10.8. The van der Waals surface area contributed by atoms with E-state index in [1.807, 2.05) is 19.9 Å². The molecule has 2 aromatic rings. The molecule has 24 heavy (non-hydrogen) atoms. The third-order valence-corrected chi connectivity index (χ3v) is 5.26. The maximum Gasteiger partial charge on any atom is 0.165 e. The zero-order chi connectivity index (χ0) is 17.3. The molecule has 0 spiro atoms. The fraction of sp³-hybridized carbons (Fsp3) is 0.571. The zero-order valence-electron chi connectivity index (χ0n) is 15.5. The number of benzene rings is 1. The van der Waals surface area contributed by atoms with E-state index < -0.39 is 0 Å². The summed E-state index contributed by atoms with van der Waals surface area (Å²) in [5, 5.41) is 1.31. The van der Waals surface area contributed by atoms with Gasteiger partial charge in [-0.2, -0.15) is 0 Å². The van der Waals surface area contributed by atoms with Crippen molar-refractivity contribution < 1.29 is 4.79 Å². The molecule has 3 nitrogen and oxygen atoms in total. The van der Waals surface area contributed by atoms with Gasteiger partial charge in [-0.25, -0.2) is 0 Å². The van der Waals surface area contributed by atoms with Gasteiger partial charge in [0.25, 0.3) is 0 Å². The van der Waals surface area contributed by atoms with Gasteiger partial charge in [0.1, 0.15) is 0 Å². The highest BCUT2D eigenvalue weighted by molar-refractivity contribution is 6.04. The van der Waals surface area contributed by atoms with Crippen LogP contribution >= 0.6 is 0 Å². The van der Waals surface area contributed by atoms with Crippen molar-refractivity contribution in [3.63, 3.8) is 0 Å². The molecular formula is C21H30N2O. The van der Waals surface area contributed by atoms with Gasteiger partial charge in [-0.3, -0.25) is 9.69 Å². The largest absolute Gasteiger partial charge is 0.361 e. The average Bonchev–Trinajstić information content (AvgIpc) is 2.98. The van der Waals surface area contributed by atoms with E-state index in [0.717, 1.165) is 31.5 Å². The molecule has 1 atom stereocenters. The van der Waals surface area contributed by atoms with E-state index in [2.05, 4.69) is 36.0 Å². The molecule has 1 aromatic heterocycles. The first kappa shape index (κ1) is 17.2. The van der Waals surface area contributed by atoms with E-state index >= 15 is 0 Å². The molecule has 1 heterocycles. The van der Waals surface area contributed by atoms with Crippen LogP contribution in [0.1, 0.15) is 62.0 Å². The molecule has 1 aliphatic rings. The summed E-state index contributed by atoms with van der Waals surface area (Å²) in [5.74, 6) is 0.320. The van der Waals surface area contributed by atoms with Crippen molar-refractivity contribution in [2.24, 2.45) is 5.92 Å². The molecule has 0 saturated carbocycles. The second-order valence-electron chi connectivity index (χ2n) is 7.45. The van der Waals surface area contributed by atoms with Crippen molar-refractivity contribution in [3.8, 4) is 0 Å². The Morgan fingerprint density at radius 1 is 1.21 bits per heavy atom. The topological polar surface area (TPSA) is 36.1 Å². The van der Waals surface area contributed by atoms with Crippen molar-refractivity contribution >= 4 is 16.7 Å². The number of rotatable bonds is 7. The zero-order valence-corrected chi connectivity index (χ0v) is 15.5. The highest BCUT2D eigenvalue weighted by atomic mass is 16.1. The summed E-state index contributed by atoms with van der Waals surface area (Å²) in [7, 11) is 0. The Labute approximate surface area is 145 Å². The number of nitrogens with one attached hydrogen (secondary N) is 1. The Kier molecular flexibility index (Phi) is 5.09. The molecule has 0 amide bonds. The van der Waals surface area contributed by atoms with E-state index in [1.165, 1.54) is 34.9 Å². The van der Waals surface area contributed by atoms with E-state index in [-0.39, 0.29) is 11.7 Å². The van der Waals surface area contributed by atoms with Gasteiger partial charge >= 0.3 is 0 Å². The summed E-state index contributed by atoms with van der Waals surface area (Å²) in [6, 6.07) is 4.62. The van der Waals surface area contributed by atoms with Crippen LogP contribution in [-0.2, 0) is 12.8 Å². The minimum atomic E-state index is 0.0452. The molecule has 1 N–H and O–H groups in total. The highest BCUT2D eigenvalue weighted by Crippen LogP contribution is 2.34. The normalized spacial score (nSPS) is 17.2. The first-order valence-electron chi connectivity index (χ1n) is 9.46. The number of nitrogens with zero attached hydrogens (tertiary/aromatic N) is 1. The number of carbonyl (C=O) groups excluding carboxylic acids is 1. The molecule has 1 aromatic carbocycles. The average molecular weight is 326 g/mol. The van der Waals surface area contributed by atoms with E-state index in [9.17, 15) is 4.79 Å². The number of hydrogen-bond donors (Lipinski definition) is 1. The summed E-state index contributed by atoms with van der Waals surface area (Å²) < 4.78 is 0. The molecule has 0 bridgehead atoms. The van der Waals surface area contributed by atoms with Crippen molar-refractivity contribution in [1.82, 2.24) is 9.88 Å². The Morgan fingerprint density at radius 3 is 2.54 bits per heavy atom. The summed E-state index contributed by atoms with van der Waals surface area (Å²) >= 11 is 0. The molecule has 3 heteroatoms. The number of hydrogen-bond acceptors (Lipinski definition) is 2. The van der Waals surface area contributed by atoms with Crippen LogP contribution in [0.25, 0.3) is 10.9 Å².